The maximum Gasteiger partial charge on any atom is 0.246 e. The highest BCUT2D eigenvalue weighted by molar-refractivity contribution is 5.91. The van der Waals surface area contributed by atoms with Crippen LogP contribution in [-0.4, -0.2) is 24.5 Å². The molecule has 1 aliphatic rings. The zero-order valence-corrected chi connectivity index (χ0v) is 15.9. The lowest BCUT2D eigenvalue weighted by Crippen LogP contribution is -2.49. The molecule has 146 valence electrons. The van der Waals surface area contributed by atoms with E-state index in [1.807, 2.05) is 78.9 Å². The molecule has 5 nitrogen and oxygen atoms in total. The third kappa shape index (κ3) is 3.91. The Labute approximate surface area is 169 Å². The van der Waals surface area contributed by atoms with Crippen LogP contribution in [0.3, 0.4) is 0 Å². The molecule has 0 unspecified atom stereocenters. The fourth-order valence-corrected chi connectivity index (χ4v) is 3.92. The number of nitrogens with one attached hydrogen (secondary N) is 1. The van der Waals surface area contributed by atoms with Crippen molar-refractivity contribution in [2.24, 2.45) is 5.73 Å². The predicted octanol–water partition coefficient (Wildman–Crippen LogP) is 2.99. The number of hydrogen-bond acceptors (Lipinski definition) is 3. The Balaban J connectivity index is 1.51. The van der Waals surface area contributed by atoms with Crippen LogP contribution in [0.4, 0.5) is 0 Å². The molecule has 1 atom stereocenters. The number of carbonyl (C=O) groups is 2. The molecule has 5 heteroatoms. The van der Waals surface area contributed by atoms with Gasteiger partial charge in [0.05, 0.1) is 6.61 Å². The summed E-state index contributed by atoms with van der Waals surface area (Å²) in [6.45, 7) is 0.180. The van der Waals surface area contributed by atoms with Crippen molar-refractivity contribution in [1.82, 2.24) is 5.32 Å². The molecule has 0 aliphatic heterocycles. The number of amides is 2. The van der Waals surface area contributed by atoms with Crippen molar-refractivity contribution in [2.45, 2.75) is 18.6 Å². The van der Waals surface area contributed by atoms with Gasteiger partial charge in [0.15, 0.2) is 0 Å². The minimum Gasteiger partial charge on any atom is -0.368 e. The number of fused-ring (bicyclic) bond motifs is 3. The lowest BCUT2D eigenvalue weighted by Gasteiger charge is -2.24. The summed E-state index contributed by atoms with van der Waals surface area (Å²) >= 11 is 0. The smallest absolute Gasteiger partial charge is 0.246 e. The third-order valence-electron chi connectivity index (χ3n) is 5.18. The SMILES string of the molecule is NC(=O)[C@@H](NC(=O)COCc1ccccc1)C1c2ccccc2-c2ccccc21. The Morgan fingerprint density at radius 3 is 2.00 bits per heavy atom. The van der Waals surface area contributed by atoms with Gasteiger partial charge in [0.2, 0.25) is 11.8 Å². The Morgan fingerprint density at radius 2 is 1.41 bits per heavy atom. The summed E-state index contributed by atoms with van der Waals surface area (Å²) < 4.78 is 5.50. The second kappa shape index (κ2) is 8.29. The van der Waals surface area contributed by atoms with Gasteiger partial charge in [-0.3, -0.25) is 9.59 Å². The highest BCUT2D eigenvalue weighted by atomic mass is 16.5. The first kappa shape index (κ1) is 18.9. The number of rotatable bonds is 7. The minimum atomic E-state index is -0.854. The maximum absolute atomic E-state index is 12.5. The van der Waals surface area contributed by atoms with Gasteiger partial charge >= 0.3 is 0 Å². The zero-order valence-electron chi connectivity index (χ0n) is 15.9. The molecule has 0 fully saturated rings. The van der Waals surface area contributed by atoms with Crippen LogP contribution in [0.25, 0.3) is 11.1 Å². The van der Waals surface area contributed by atoms with Gasteiger partial charge in [-0.05, 0) is 27.8 Å². The molecular weight excluding hydrogens is 364 g/mol. The van der Waals surface area contributed by atoms with E-state index in [-0.39, 0.29) is 18.4 Å². The zero-order chi connectivity index (χ0) is 20.2. The van der Waals surface area contributed by atoms with Crippen molar-refractivity contribution in [3.05, 3.63) is 95.6 Å². The van der Waals surface area contributed by atoms with E-state index < -0.39 is 11.9 Å². The molecule has 0 saturated heterocycles. The Hall–Kier alpha value is -3.44. The third-order valence-corrected chi connectivity index (χ3v) is 5.18. The summed E-state index contributed by atoms with van der Waals surface area (Å²) in [4.78, 5) is 24.8. The minimum absolute atomic E-state index is 0.144. The normalized spacial score (nSPS) is 13.4. The molecular formula is C24H22N2O3. The van der Waals surface area contributed by atoms with Gasteiger partial charge in [-0.25, -0.2) is 0 Å². The Morgan fingerprint density at radius 1 is 0.862 bits per heavy atom. The second-order valence-corrected chi connectivity index (χ2v) is 7.08. The number of carbonyl (C=O) groups excluding carboxylic acids is 2. The van der Waals surface area contributed by atoms with E-state index in [0.29, 0.717) is 6.61 Å². The van der Waals surface area contributed by atoms with Gasteiger partial charge in [0.25, 0.3) is 0 Å². The molecule has 3 aromatic carbocycles. The average Bonchev–Trinajstić information content (AvgIpc) is 3.07. The monoisotopic (exact) mass is 386 g/mol. The number of benzene rings is 3. The quantitative estimate of drug-likeness (QED) is 0.655. The molecule has 0 spiro atoms. The maximum atomic E-state index is 12.5. The van der Waals surface area contributed by atoms with Crippen molar-refractivity contribution in [1.29, 1.82) is 0 Å². The van der Waals surface area contributed by atoms with E-state index in [1.165, 1.54) is 0 Å². The summed E-state index contributed by atoms with van der Waals surface area (Å²) in [5.74, 6) is -1.26. The number of nitrogens with two attached hydrogens (primary N) is 1. The van der Waals surface area contributed by atoms with Gasteiger partial charge in [-0.15, -0.1) is 0 Å². The lowest BCUT2D eigenvalue weighted by molar-refractivity contribution is -0.130. The highest BCUT2D eigenvalue weighted by Gasteiger charge is 2.37. The molecule has 1 aliphatic carbocycles. The molecule has 3 N–H and O–H groups in total. The fourth-order valence-electron chi connectivity index (χ4n) is 3.92. The highest BCUT2D eigenvalue weighted by Crippen LogP contribution is 2.46. The number of primary amides is 1. The summed E-state index contributed by atoms with van der Waals surface area (Å²) in [6, 6.07) is 24.6. The standard InChI is InChI=1S/C24H22N2O3/c25-24(28)23(26-21(27)15-29-14-16-8-2-1-3-9-16)22-19-12-6-4-10-17(19)18-11-5-7-13-20(18)22/h1-13,22-23H,14-15H2,(H2,25,28)(H,26,27)/t23-/m0/s1. The van der Waals surface area contributed by atoms with Gasteiger partial charge in [0.1, 0.15) is 12.6 Å². The summed E-state index contributed by atoms with van der Waals surface area (Å²) in [5, 5.41) is 2.79. The average molecular weight is 386 g/mol. The number of ether oxygens (including phenoxy) is 1. The molecule has 0 bridgehead atoms. The summed E-state index contributed by atoms with van der Waals surface area (Å²) in [6.07, 6.45) is 0. The van der Waals surface area contributed by atoms with E-state index in [0.717, 1.165) is 27.8 Å². The summed E-state index contributed by atoms with van der Waals surface area (Å²) in [5.41, 5.74) is 10.8. The molecule has 4 rings (SSSR count). The van der Waals surface area contributed by atoms with E-state index in [9.17, 15) is 9.59 Å². The first-order chi connectivity index (χ1) is 14.1. The molecule has 0 saturated carbocycles. The van der Waals surface area contributed by atoms with Crippen LogP contribution in [-0.2, 0) is 20.9 Å². The topological polar surface area (TPSA) is 81.4 Å². The van der Waals surface area contributed by atoms with Crippen LogP contribution in [0, 0.1) is 0 Å². The lowest BCUT2D eigenvalue weighted by atomic mass is 9.89. The van der Waals surface area contributed by atoms with Crippen molar-refractivity contribution >= 4 is 11.8 Å². The Kier molecular flexibility index (Phi) is 5.40. The molecule has 2 amide bonds. The van der Waals surface area contributed by atoms with Gasteiger partial charge in [-0.1, -0.05) is 78.9 Å². The molecule has 0 heterocycles. The van der Waals surface area contributed by atoms with Crippen molar-refractivity contribution in [3.63, 3.8) is 0 Å². The van der Waals surface area contributed by atoms with Gasteiger partial charge < -0.3 is 15.8 Å². The van der Waals surface area contributed by atoms with Gasteiger partial charge in [0, 0.05) is 5.92 Å². The van der Waals surface area contributed by atoms with Crippen molar-refractivity contribution in [2.75, 3.05) is 6.61 Å². The van der Waals surface area contributed by atoms with E-state index in [2.05, 4.69) is 5.32 Å². The van der Waals surface area contributed by atoms with Gasteiger partial charge in [-0.2, -0.15) is 0 Å². The van der Waals surface area contributed by atoms with Crippen molar-refractivity contribution in [3.8, 4) is 11.1 Å². The van der Waals surface area contributed by atoms with E-state index in [1.54, 1.807) is 0 Å². The van der Waals surface area contributed by atoms with Crippen LogP contribution in [0.2, 0.25) is 0 Å². The van der Waals surface area contributed by atoms with Crippen LogP contribution >= 0.6 is 0 Å². The largest absolute Gasteiger partial charge is 0.368 e. The van der Waals surface area contributed by atoms with E-state index in [4.69, 9.17) is 10.5 Å². The fraction of sp³-hybridized carbons (Fsp3) is 0.167. The number of hydrogen-bond donors (Lipinski definition) is 2. The Bertz CT molecular complexity index is 988. The molecule has 0 aromatic heterocycles. The molecule has 0 radical (unpaired) electrons. The van der Waals surface area contributed by atoms with E-state index >= 15 is 0 Å². The first-order valence-corrected chi connectivity index (χ1v) is 9.53. The van der Waals surface area contributed by atoms with Crippen LogP contribution in [0.1, 0.15) is 22.6 Å². The second-order valence-electron chi connectivity index (χ2n) is 7.08. The molecule has 29 heavy (non-hydrogen) atoms. The van der Waals surface area contributed by atoms with Crippen LogP contribution < -0.4 is 11.1 Å². The predicted molar refractivity (Wildman–Crippen MR) is 111 cm³/mol. The van der Waals surface area contributed by atoms with Crippen LogP contribution in [0.15, 0.2) is 78.9 Å². The molecule has 3 aromatic rings. The first-order valence-electron chi connectivity index (χ1n) is 9.53. The van der Waals surface area contributed by atoms with Crippen LogP contribution in [0.5, 0.6) is 0 Å². The van der Waals surface area contributed by atoms with Crippen molar-refractivity contribution < 1.29 is 14.3 Å². The summed E-state index contributed by atoms with van der Waals surface area (Å²) in [7, 11) is 0.